The number of rotatable bonds is 4. The van der Waals surface area contributed by atoms with Gasteiger partial charge in [0.25, 0.3) is 0 Å². The fraction of sp³-hybridized carbons (Fsp3) is 0.167. The Kier molecular flexibility index (Phi) is 3.93. The Hall–Kier alpha value is -2.34. The van der Waals surface area contributed by atoms with E-state index in [0.717, 1.165) is 5.56 Å². The first-order valence-electron chi connectivity index (χ1n) is 5.51. The van der Waals surface area contributed by atoms with E-state index in [1.165, 1.54) is 6.20 Å². The number of aromatic amines is 1. The molecule has 6 nitrogen and oxygen atoms in total. The van der Waals surface area contributed by atoms with Crippen molar-refractivity contribution in [2.24, 2.45) is 0 Å². The maximum absolute atomic E-state index is 11.7. The van der Waals surface area contributed by atoms with Crippen LogP contribution < -0.4 is 10.6 Å². The lowest BCUT2D eigenvalue weighted by Crippen LogP contribution is -2.34. The SMILES string of the molecule is O=C(Nc1cn[nH]c1)NC(CO)c1ccccc1. The molecule has 18 heavy (non-hydrogen) atoms. The molecule has 4 N–H and O–H groups in total. The van der Waals surface area contributed by atoms with Crippen molar-refractivity contribution in [3.8, 4) is 0 Å². The molecule has 1 heterocycles. The van der Waals surface area contributed by atoms with Crippen molar-refractivity contribution in [3.63, 3.8) is 0 Å². The van der Waals surface area contributed by atoms with Crippen LogP contribution in [0.1, 0.15) is 11.6 Å². The molecular weight excluding hydrogens is 232 g/mol. The molecule has 2 aromatic rings. The van der Waals surface area contributed by atoms with E-state index in [4.69, 9.17) is 0 Å². The molecule has 1 unspecified atom stereocenters. The molecule has 94 valence electrons. The van der Waals surface area contributed by atoms with E-state index in [0.29, 0.717) is 5.69 Å². The van der Waals surface area contributed by atoms with Gasteiger partial charge in [-0.15, -0.1) is 0 Å². The van der Waals surface area contributed by atoms with Crippen LogP contribution in [-0.2, 0) is 0 Å². The molecule has 0 saturated heterocycles. The van der Waals surface area contributed by atoms with E-state index in [2.05, 4.69) is 20.8 Å². The first-order valence-corrected chi connectivity index (χ1v) is 5.51. The fourth-order valence-electron chi connectivity index (χ4n) is 1.56. The Morgan fingerprint density at radius 2 is 2.17 bits per heavy atom. The van der Waals surface area contributed by atoms with E-state index in [1.807, 2.05) is 30.3 Å². The largest absolute Gasteiger partial charge is 0.394 e. The number of hydrogen-bond acceptors (Lipinski definition) is 3. The molecule has 0 saturated carbocycles. The zero-order chi connectivity index (χ0) is 12.8. The van der Waals surface area contributed by atoms with Crippen LogP contribution >= 0.6 is 0 Å². The topological polar surface area (TPSA) is 90.0 Å². The third kappa shape index (κ3) is 3.08. The predicted molar refractivity (Wildman–Crippen MR) is 67.0 cm³/mol. The van der Waals surface area contributed by atoms with Crippen molar-refractivity contribution < 1.29 is 9.90 Å². The third-order valence-corrected chi connectivity index (χ3v) is 2.45. The van der Waals surface area contributed by atoms with E-state index in [9.17, 15) is 9.90 Å². The van der Waals surface area contributed by atoms with Crippen molar-refractivity contribution in [1.82, 2.24) is 15.5 Å². The molecule has 0 aliphatic heterocycles. The number of carbonyl (C=O) groups excluding carboxylic acids is 1. The molecule has 1 atom stereocenters. The van der Waals surface area contributed by atoms with E-state index in [1.54, 1.807) is 6.20 Å². The number of benzene rings is 1. The Morgan fingerprint density at radius 1 is 1.39 bits per heavy atom. The second kappa shape index (κ2) is 5.83. The lowest BCUT2D eigenvalue weighted by Gasteiger charge is -2.16. The lowest BCUT2D eigenvalue weighted by atomic mass is 10.1. The van der Waals surface area contributed by atoms with Gasteiger partial charge in [0, 0.05) is 6.20 Å². The van der Waals surface area contributed by atoms with Gasteiger partial charge >= 0.3 is 6.03 Å². The van der Waals surface area contributed by atoms with Crippen molar-refractivity contribution in [1.29, 1.82) is 0 Å². The number of urea groups is 1. The van der Waals surface area contributed by atoms with Crippen LogP contribution in [0.4, 0.5) is 10.5 Å². The highest BCUT2D eigenvalue weighted by Crippen LogP contribution is 2.11. The van der Waals surface area contributed by atoms with Crippen LogP contribution in [0.25, 0.3) is 0 Å². The molecular formula is C12H14N4O2. The van der Waals surface area contributed by atoms with Gasteiger partial charge in [-0.3, -0.25) is 5.10 Å². The molecule has 2 rings (SSSR count). The average molecular weight is 246 g/mol. The summed E-state index contributed by atoms with van der Waals surface area (Å²) in [5.74, 6) is 0. The van der Waals surface area contributed by atoms with Gasteiger partial charge in [0.2, 0.25) is 0 Å². The molecule has 6 heteroatoms. The Morgan fingerprint density at radius 3 is 2.78 bits per heavy atom. The Bertz CT molecular complexity index is 484. The second-order valence-corrected chi connectivity index (χ2v) is 3.73. The number of nitrogens with one attached hydrogen (secondary N) is 3. The summed E-state index contributed by atoms with van der Waals surface area (Å²) >= 11 is 0. The molecule has 0 radical (unpaired) electrons. The van der Waals surface area contributed by atoms with Gasteiger partial charge in [-0.1, -0.05) is 30.3 Å². The van der Waals surface area contributed by atoms with Crippen LogP contribution in [-0.4, -0.2) is 27.9 Å². The van der Waals surface area contributed by atoms with Crippen LogP contribution in [0.5, 0.6) is 0 Å². The minimum absolute atomic E-state index is 0.164. The Labute approximate surface area is 104 Å². The Balaban J connectivity index is 1.96. The van der Waals surface area contributed by atoms with Crippen LogP contribution in [0.2, 0.25) is 0 Å². The first kappa shape index (κ1) is 12.1. The van der Waals surface area contributed by atoms with Crippen molar-refractivity contribution in [2.75, 3.05) is 11.9 Å². The quantitative estimate of drug-likeness (QED) is 0.654. The third-order valence-electron chi connectivity index (χ3n) is 2.45. The molecule has 2 amide bonds. The summed E-state index contributed by atoms with van der Waals surface area (Å²) in [6, 6.07) is 8.46. The second-order valence-electron chi connectivity index (χ2n) is 3.73. The highest BCUT2D eigenvalue weighted by molar-refractivity contribution is 5.89. The van der Waals surface area contributed by atoms with Gasteiger partial charge in [-0.25, -0.2) is 4.79 Å². The van der Waals surface area contributed by atoms with Crippen molar-refractivity contribution in [2.45, 2.75) is 6.04 Å². The molecule has 0 aliphatic carbocycles. The summed E-state index contributed by atoms with van der Waals surface area (Å²) in [4.78, 5) is 11.7. The van der Waals surface area contributed by atoms with E-state index < -0.39 is 6.04 Å². The normalized spacial score (nSPS) is 11.8. The van der Waals surface area contributed by atoms with Crippen LogP contribution in [0.3, 0.4) is 0 Å². The molecule has 0 fully saturated rings. The van der Waals surface area contributed by atoms with Gasteiger partial charge < -0.3 is 15.7 Å². The summed E-state index contributed by atoms with van der Waals surface area (Å²) in [5, 5.41) is 20.9. The molecule has 0 aliphatic rings. The number of amides is 2. The van der Waals surface area contributed by atoms with Gasteiger partial charge in [0.15, 0.2) is 0 Å². The van der Waals surface area contributed by atoms with Gasteiger partial charge in [0.1, 0.15) is 0 Å². The molecule has 0 bridgehead atoms. The monoisotopic (exact) mass is 246 g/mol. The summed E-state index contributed by atoms with van der Waals surface area (Å²) in [7, 11) is 0. The van der Waals surface area contributed by atoms with Gasteiger partial charge in [0.05, 0.1) is 24.5 Å². The zero-order valence-electron chi connectivity index (χ0n) is 9.63. The summed E-state index contributed by atoms with van der Waals surface area (Å²) < 4.78 is 0. The minimum atomic E-state index is -0.432. The number of aliphatic hydroxyl groups is 1. The predicted octanol–water partition coefficient (Wildman–Crippen LogP) is 1.26. The maximum Gasteiger partial charge on any atom is 0.319 e. The highest BCUT2D eigenvalue weighted by Gasteiger charge is 2.13. The molecule has 0 spiro atoms. The summed E-state index contributed by atoms with van der Waals surface area (Å²) in [6.07, 6.45) is 3.06. The smallest absolute Gasteiger partial charge is 0.319 e. The number of H-pyrrole nitrogens is 1. The zero-order valence-corrected chi connectivity index (χ0v) is 9.63. The van der Waals surface area contributed by atoms with Gasteiger partial charge in [-0.05, 0) is 5.56 Å². The number of aromatic nitrogens is 2. The molecule has 1 aromatic carbocycles. The standard InChI is InChI=1S/C12H14N4O2/c17-8-11(9-4-2-1-3-5-9)16-12(18)15-10-6-13-14-7-10/h1-7,11,17H,8H2,(H,13,14)(H2,15,16,18). The molecule has 1 aromatic heterocycles. The fourth-order valence-corrected chi connectivity index (χ4v) is 1.56. The van der Waals surface area contributed by atoms with Gasteiger partial charge in [-0.2, -0.15) is 5.10 Å². The maximum atomic E-state index is 11.7. The number of anilines is 1. The first-order chi connectivity index (χ1) is 8.79. The van der Waals surface area contributed by atoms with E-state index in [-0.39, 0.29) is 12.6 Å². The number of hydrogen-bond donors (Lipinski definition) is 4. The van der Waals surface area contributed by atoms with Crippen LogP contribution in [0.15, 0.2) is 42.7 Å². The number of nitrogens with zero attached hydrogens (tertiary/aromatic N) is 1. The average Bonchev–Trinajstić information content (AvgIpc) is 2.90. The number of aliphatic hydroxyl groups excluding tert-OH is 1. The summed E-state index contributed by atoms with van der Waals surface area (Å²) in [5.41, 5.74) is 1.42. The lowest BCUT2D eigenvalue weighted by molar-refractivity contribution is 0.225. The van der Waals surface area contributed by atoms with Crippen molar-refractivity contribution in [3.05, 3.63) is 48.3 Å². The number of carbonyl (C=O) groups is 1. The summed E-state index contributed by atoms with van der Waals surface area (Å²) in [6.45, 7) is -0.164. The highest BCUT2D eigenvalue weighted by atomic mass is 16.3. The van der Waals surface area contributed by atoms with E-state index >= 15 is 0 Å². The minimum Gasteiger partial charge on any atom is -0.394 e. The van der Waals surface area contributed by atoms with Crippen LogP contribution in [0, 0.1) is 0 Å². The van der Waals surface area contributed by atoms with Crippen molar-refractivity contribution >= 4 is 11.7 Å².